The van der Waals surface area contributed by atoms with Crippen LogP contribution in [-0.2, 0) is 9.53 Å². The van der Waals surface area contributed by atoms with E-state index in [1.807, 2.05) is 0 Å². The lowest BCUT2D eigenvalue weighted by molar-refractivity contribution is -0.142. The van der Waals surface area contributed by atoms with Gasteiger partial charge < -0.3 is 15.2 Å². The van der Waals surface area contributed by atoms with E-state index < -0.39 is 17.9 Å². The molecule has 0 bridgehead atoms. The molecule has 0 radical (unpaired) electrons. The Balaban J connectivity index is 2.02. The number of ether oxygens (including phenoxy) is 1. The average molecular weight is 237 g/mol. The van der Waals surface area contributed by atoms with E-state index in [4.69, 9.17) is 9.84 Å². The molecule has 1 fully saturated rings. The summed E-state index contributed by atoms with van der Waals surface area (Å²) in [6.45, 7) is 0.329. The minimum Gasteiger partial charge on any atom is -0.481 e. The second-order valence-corrected chi connectivity index (χ2v) is 3.69. The molecule has 0 aliphatic carbocycles. The summed E-state index contributed by atoms with van der Waals surface area (Å²) in [4.78, 5) is 22.6. The molecule has 1 amide bonds. The number of carbonyl (C=O) groups is 2. The van der Waals surface area contributed by atoms with E-state index in [1.165, 1.54) is 18.5 Å². The first-order chi connectivity index (χ1) is 8.18. The predicted molar refractivity (Wildman–Crippen MR) is 55.2 cm³/mol. The predicted octanol–water partition coefficient (Wildman–Crippen LogP) is -0.694. The lowest BCUT2D eigenvalue weighted by atomic mass is 10.0. The molecule has 90 valence electrons. The fourth-order valence-corrected chi connectivity index (χ4v) is 1.62. The highest BCUT2D eigenvalue weighted by molar-refractivity contribution is 5.94. The number of nitrogens with one attached hydrogen (secondary N) is 1. The van der Waals surface area contributed by atoms with Gasteiger partial charge >= 0.3 is 5.97 Å². The zero-order valence-corrected chi connectivity index (χ0v) is 8.87. The third-order valence-corrected chi connectivity index (χ3v) is 2.56. The van der Waals surface area contributed by atoms with Gasteiger partial charge in [0.2, 0.25) is 0 Å². The topological polar surface area (TPSA) is 101 Å². The SMILES string of the molecule is O=C(NC1COCC1C(=O)O)c1ccnnc1. The number of rotatable bonds is 3. The number of carboxylic acids is 1. The monoisotopic (exact) mass is 237 g/mol. The first-order valence-corrected chi connectivity index (χ1v) is 5.06. The van der Waals surface area contributed by atoms with Crippen molar-refractivity contribution < 1.29 is 19.4 Å². The Labute approximate surface area is 96.8 Å². The molecule has 2 unspecified atom stereocenters. The van der Waals surface area contributed by atoms with Gasteiger partial charge in [-0.1, -0.05) is 0 Å². The van der Waals surface area contributed by atoms with Crippen molar-refractivity contribution in [2.45, 2.75) is 6.04 Å². The van der Waals surface area contributed by atoms with E-state index in [0.717, 1.165) is 0 Å². The van der Waals surface area contributed by atoms with Crippen molar-refractivity contribution in [1.29, 1.82) is 0 Å². The summed E-state index contributed by atoms with van der Waals surface area (Å²) >= 11 is 0. The molecule has 7 nitrogen and oxygen atoms in total. The maximum absolute atomic E-state index is 11.7. The normalized spacial score (nSPS) is 23.3. The van der Waals surface area contributed by atoms with Crippen molar-refractivity contribution in [3.8, 4) is 0 Å². The van der Waals surface area contributed by atoms with Gasteiger partial charge in [0, 0.05) is 0 Å². The zero-order valence-electron chi connectivity index (χ0n) is 8.87. The van der Waals surface area contributed by atoms with Crippen molar-refractivity contribution in [1.82, 2.24) is 15.5 Å². The molecule has 1 saturated heterocycles. The largest absolute Gasteiger partial charge is 0.481 e. The highest BCUT2D eigenvalue weighted by atomic mass is 16.5. The molecule has 1 aromatic rings. The number of nitrogens with zero attached hydrogens (tertiary/aromatic N) is 2. The van der Waals surface area contributed by atoms with E-state index in [0.29, 0.717) is 5.56 Å². The lowest BCUT2D eigenvalue weighted by Crippen LogP contribution is -2.42. The van der Waals surface area contributed by atoms with Gasteiger partial charge in [-0.05, 0) is 6.07 Å². The summed E-state index contributed by atoms with van der Waals surface area (Å²) < 4.78 is 5.04. The zero-order chi connectivity index (χ0) is 12.3. The van der Waals surface area contributed by atoms with Crippen LogP contribution in [0.2, 0.25) is 0 Å². The minimum atomic E-state index is -0.972. The average Bonchev–Trinajstić information content (AvgIpc) is 2.78. The molecule has 0 saturated carbocycles. The van der Waals surface area contributed by atoms with Crippen LogP contribution in [0.1, 0.15) is 10.4 Å². The Morgan fingerprint density at radius 1 is 1.41 bits per heavy atom. The molecule has 17 heavy (non-hydrogen) atoms. The fraction of sp³-hybridized carbons (Fsp3) is 0.400. The van der Waals surface area contributed by atoms with Crippen molar-refractivity contribution in [2.24, 2.45) is 5.92 Å². The Hall–Kier alpha value is -2.02. The van der Waals surface area contributed by atoms with Gasteiger partial charge in [0.25, 0.3) is 5.91 Å². The summed E-state index contributed by atoms with van der Waals surface area (Å²) in [7, 11) is 0. The molecule has 2 atom stereocenters. The van der Waals surface area contributed by atoms with Gasteiger partial charge in [0.1, 0.15) is 5.92 Å². The van der Waals surface area contributed by atoms with Crippen LogP contribution in [0, 0.1) is 5.92 Å². The van der Waals surface area contributed by atoms with E-state index in [9.17, 15) is 9.59 Å². The smallest absolute Gasteiger partial charge is 0.311 e. The molecular formula is C10H11N3O4. The Morgan fingerprint density at radius 3 is 2.88 bits per heavy atom. The first-order valence-electron chi connectivity index (χ1n) is 5.06. The third-order valence-electron chi connectivity index (χ3n) is 2.56. The van der Waals surface area contributed by atoms with Gasteiger partial charge in [-0.3, -0.25) is 9.59 Å². The van der Waals surface area contributed by atoms with Gasteiger partial charge in [0.05, 0.1) is 37.2 Å². The van der Waals surface area contributed by atoms with Crippen LogP contribution in [0.4, 0.5) is 0 Å². The van der Waals surface area contributed by atoms with Crippen molar-refractivity contribution in [3.63, 3.8) is 0 Å². The molecule has 1 aliphatic rings. The third kappa shape index (κ3) is 2.56. The number of aliphatic carboxylic acids is 1. The van der Waals surface area contributed by atoms with Gasteiger partial charge in [-0.15, -0.1) is 0 Å². The van der Waals surface area contributed by atoms with E-state index in [2.05, 4.69) is 15.5 Å². The van der Waals surface area contributed by atoms with Crippen LogP contribution in [0.3, 0.4) is 0 Å². The van der Waals surface area contributed by atoms with Crippen LogP contribution in [-0.4, -0.2) is 46.4 Å². The van der Waals surface area contributed by atoms with Crippen LogP contribution < -0.4 is 5.32 Å². The highest BCUT2D eigenvalue weighted by Gasteiger charge is 2.35. The maximum atomic E-state index is 11.7. The second-order valence-electron chi connectivity index (χ2n) is 3.69. The van der Waals surface area contributed by atoms with Gasteiger partial charge in [-0.2, -0.15) is 10.2 Å². The molecule has 2 N–H and O–H groups in total. The summed E-state index contributed by atoms with van der Waals surface area (Å²) in [5, 5.41) is 18.7. The standard InChI is InChI=1S/C10H11N3O4/c14-9(6-1-2-11-12-3-6)13-8-5-17-4-7(8)10(15)16/h1-3,7-8H,4-5H2,(H,13,14)(H,15,16). The summed E-state index contributed by atoms with van der Waals surface area (Å²) in [6.07, 6.45) is 2.72. The lowest BCUT2D eigenvalue weighted by Gasteiger charge is -2.15. The molecule has 1 aliphatic heterocycles. The molecule has 2 rings (SSSR count). The van der Waals surface area contributed by atoms with Crippen LogP contribution in [0.15, 0.2) is 18.5 Å². The number of hydrogen-bond donors (Lipinski definition) is 2. The van der Waals surface area contributed by atoms with E-state index >= 15 is 0 Å². The first kappa shape index (κ1) is 11.5. The van der Waals surface area contributed by atoms with Crippen molar-refractivity contribution in [2.75, 3.05) is 13.2 Å². The quantitative estimate of drug-likeness (QED) is 0.721. The van der Waals surface area contributed by atoms with Crippen LogP contribution >= 0.6 is 0 Å². The number of carboxylic acid groups (broad SMARTS) is 1. The van der Waals surface area contributed by atoms with Crippen molar-refractivity contribution >= 4 is 11.9 Å². The Kier molecular flexibility index (Phi) is 3.29. The van der Waals surface area contributed by atoms with E-state index in [1.54, 1.807) is 0 Å². The minimum absolute atomic E-state index is 0.120. The molecule has 7 heteroatoms. The van der Waals surface area contributed by atoms with E-state index in [-0.39, 0.29) is 19.1 Å². The maximum Gasteiger partial charge on any atom is 0.311 e. The molecule has 1 aromatic heterocycles. The van der Waals surface area contributed by atoms with Gasteiger partial charge in [-0.25, -0.2) is 0 Å². The summed E-state index contributed by atoms with van der Waals surface area (Å²) in [5.74, 6) is -2.05. The highest BCUT2D eigenvalue weighted by Crippen LogP contribution is 2.14. The Bertz CT molecular complexity index is 423. The number of hydrogen-bond acceptors (Lipinski definition) is 5. The molecule has 2 heterocycles. The number of amides is 1. The van der Waals surface area contributed by atoms with Crippen molar-refractivity contribution in [3.05, 3.63) is 24.0 Å². The molecular weight excluding hydrogens is 226 g/mol. The molecule has 0 spiro atoms. The second kappa shape index (κ2) is 4.88. The van der Waals surface area contributed by atoms with Crippen LogP contribution in [0.25, 0.3) is 0 Å². The summed E-state index contributed by atoms with van der Waals surface area (Å²) in [6, 6.07) is 1.00. The number of aromatic nitrogens is 2. The fourth-order valence-electron chi connectivity index (χ4n) is 1.62. The molecule has 0 aromatic carbocycles. The Morgan fingerprint density at radius 2 is 2.24 bits per heavy atom. The van der Waals surface area contributed by atoms with Gasteiger partial charge in [0.15, 0.2) is 0 Å². The summed E-state index contributed by atoms with van der Waals surface area (Å²) in [5.41, 5.74) is 0.344. The van der Waals surface area contributed by atoms with Crippen LogP contribution in [0.5, 0.6) is 0 Å². The number of carbonyl (C=O) groups excluding carboxylic acids is 1.